The summed E-state index contributed by atoms with van der Waals surface area (Å²) in [5.41, 5.74) is 2.76. The molecule has 0 heterocycles. The highest BCUT2D eigenvalue weighted by atomic mass is 32.1. The van der Waals surface area contributed by atoms with Gasteiger partial charge in [-0.1, -0.05) is 18.2 Å². The van der Waals surface area contributed by atoms with Gasteiger partial charge in [0.2, 0.25) is 0 Å². The number of hydrogen-bond acceptors (Lipinski definition) is 3. The van der Waals surface area contributed by atoms with Gasteiger partial charge in [-0.05, 0) is 48.7 Å². The number of thiol groups is 1. The Balaban J connectivity index is 1.93. The topological polar surface area (TPSA) is 38.3 Å². The van der Waals surface area contributed by atoms with Crippen LogP contribution in [0.5, 0.6) is 5.75 Å². The zero-order valence-corrected chi connectivity index (χ0v) is 13.1. The molecule has 0 unspecified atom stereocenters. The van der Waals surface area contributed by atoms with Crippen molar-refractivity contribution >= 4 is 18.5 Å². The molecule has 0 fully saturated rings. The average molecular weight is 301 g/mol. The molecule has 2 aromatic rings. The Hall–Kier alpha value is -1.94. The van der Waals surface area contributed by atoms with Gasteiger partial charge in [0.1, 0.15) is 5.75 Å². The molecule has 4 heteroatoms. The van der Waals surface area contributed by atoms with Gasteiger partial charge in [0, 0.05) is 17.0 Å². The van der Waals surface area contributed by atoms with Gasteiger partial charge in [-0.15, -0.1) is 12.6 Å². The second kappa shape index (κ2) is 7.18. The summed E-state index contributed by atoms with van der Waals surface area (Å²) in [7, 11) is 1.65. The number of rotatable bonds is 5. The summed E-state index contributed by atoms with van der Waals surface area (Å²) < 4.78 is 5.18. The third-order valence-electron chi connectivity index (χ3n) is 3.30. The van der Waals surface area contributed by atoms with Crippen molar-refractivity contribution in [2.75, 3.05) is 13.7 Å². The number of methoxy groups -OCH3 is 1. The quantitative estimate of drug-likeness (QED) is 0.832. The summed E-state index contributed by atoms with van der Waals surface area (Å²) in [6, 6.07) is 13.4. The number of hydrogen-bond donors (Lipinski definition) is 2. The van der Waals surface area contributed by atoms with E-state index in [-0.39, 0.29) is 5.91 Å². The van der Waals surface area contributed by atoms with Crippen LogP contribution in [0.4, 0.5) is 0 Å². The van der Waals surface area contributed by atoms with Crippen LogP contribution in [-0.2, 0) is 6.42 Å². The Morgan fingerprint density at radius 1 is 1.24 bits per heavy atom. The first-order valence-electron chi connectivity index (χ1n) is 6.81. The summed E-state index contributed by atoms with van der Waals surface area (Å²) >= 11 is 4.27. The van der Waals surface area contributed by atoms with Gasteiger partial charge in [-0.3, -0.25) is 4.79 Å². The minimum Gasteiger partial charge on any atom is -0.497 e. The van der Waals surface area contributed by atoms with Crippen molar-refractivity contribution in [3.05, 3.63) is 59.2 Å². The number of carbonyl (C=O) groups excluding carboxylic acids is 1. The second-order valence-electron chi connectivity index (χ2n) is 4.86. The number of amides is 1. The van der Waals surface area contributed by atoms with Gasteiger partial charge >= 0.3 is 0 Å². The highest BCUT2D eigenvalue weighted by Crippen LogP contribution is 2.14. The standard InChI is InChI=1S/C17H19NO2S/c1-12-6-7-15(21)11-16(12)17(19)18-9-8-13-4-3-5-14(10-13)20-2/h3-7,10-11,21H,8-9H2,1-2H3,(H,18,19). The first-order valence-corrected chi connectivity index (χ1v) is 7.25. The van der Waals surface area contributed by atoms with Crippen LogP contribution < -0.4 is 10.1 Å². The zero-order chi connectivity index (χ0) is 15.2. The molecule has 0 aliphatic carbocycles. The smallest absolute Gasteiger partial charge is 0.251 e. The highest BCUT2D eigenvalue weighted by Gasteiger charge is 2.08. The fourth-order valence-corrected chi connectivity index (χ4v) is 2.30. The van der Waals surface area contributed by atoms with Crippen LogP contribution in [0, 0.1) is 6.92 Å². The number of ether oxygens (including phenoxy) is 1. The normalized spacial score (nSPS) is 10.2. The largest absolute Gasteiger partial charge is 0.497 e. The van der Waals surface area contributed by atoms with Gasteiger partial charge in [-0.2, -0.15) is 0 Å². The fourth-order valence-electron chi connectivity index (χ4n) is 2.10. The highest BCUT2D eigenvalue weighted by molar-refractivity contribution is 7.80. The second-order valence-corrected chi connectivity index (χ2v) is 5.37. The molecule has 110 valence electrons. The van der Waals surface area contributed by atoms with E-state index in [0.717, 1.165) is 28.2 Å². The molecule has 0 bridgehead atoms. The predicted octanol–water partition coefficient (Wildman–Crippen LogP) is 3.26. The lowest BCUT2D eigenvalue weighted by atomic mass is 10.1. The molecule has 0 atom stereocenters. The van der Waals surface area contributed by atoms with E-state index in [1.807, 2.05) is 43.3 Å². The van der Waals surface area contributed by atoms with Gasteiger partial charge in [-0.25, -0.2) is 0 Å². The first-order chi connectivity index (χ1) is 10.1. The minimum absolute atomic E-state index is 0.0636. The zero-order valence-electron chi connectivity index (χ0n) is 12.2. The third-order valence-corrected chi connectivity index (χ3v) is 3.58. The van der Waals surface area contributed by atoms with Crippen LogP contribution in [0.1, 0.15) is 21.5 Å². The lowest BCUT2D eigenvalue weighted by Crippen LogP contribution is -2.26. The molecule has 0 radical (unpaired) electrons. The van der Waals surface area contributed by atoms with Crippen LogP contribution >= 0.6 is 12.6 Å². The van der Waals surface area contributed by atoms with Crippen LogP contribution in [0.25, 0.3) is 0 Å². The maximum absolute atomic E-state index is 12.2. The van der Waals surface area contributed by atoms with Crippen LogP contribution in [0.2, 0.25) is 0 Å². The SMILES string of the molecule is COc1cccc(CCNC(=O)c2cc(S)ccc2C)c1. The van der Waals surface area contributed by atoms with E-state index >= 15 is 0 Å². The molecule has 2 rings (SSSR count). The third kappa shape index (κ3) is 4.26. The Morgan fingerprint density at radius 3 is 2.81 bits per heavy atom. The summed E-state index contributed by atoms with van der Waals surface area (Å²) in [4.78, 5) is 13.0. The predicted molar refractivity (Wildman–Crippen MR) is 87.5 cm³/mol. The maximum atomic E-state index is 12.2. The summed E-state index contributed by atoms with van der Waals surface area (Å²) in [6.07, 6.45) is 0.766. The Kier molecular flexibility index (Phi) is 5.28. The van der Waals surface area contributed by atoms with E-state index < -0.39 is 0 Å². The average Bonchev–Trinajstić information content (AvgIpc) is 2.49. The van der Waals surface area contributed by atoms with Crippen molar-refractivity contribution in [3.8, 4) is 5.75 Å². The lowest BCUT2D eigenvalue weighted by Gasteiger charge is -2.09. The molecule has 21 heavy (non-hydrogen) atoms. The number of aryl methyl sites for hydroxylation is 1. The molecule has 0 aromatic heterocycles. The first kappa shape index (κ1) is 15.4. The monoisotopic (exact) mass is 301 g/mol. The van der Waals surface area contributed by atoms with E-state index in [1.54, 1.807) is 13.2 Å². The molecule has 0 saturated heterocycles. The van der Waals surface area contributed by atoms with E-state index in [1.165, 1.54) is 0 Å². The minimum atomic E-state index is -0.0636. The Morgan fingerprint density at radius 2 is 2.05 bits per heavy atom. The summed E-state index contributed by atoms with van der Waals surface area (Å²) in [5.74, 6) is 0.767. The van der Waals surface area contributed by atoms with E-state index in [0.29, 0.717) is 12.1 Å². The molecule has 0 saturated carbocycles. The molecular formula is C17H19NO2S. The molecule has 0 aliphatic rings. The van der Waals surface area contributed by atoms with Gasteiger partial charge in [0.05, 0.1) is 7.11 Å². The van der Waals surface area contributed by atoms with Crippen molar-refractivity contribution in [2.24, 2.45) is 0 Å². The van der Waals surface area contributed by atoms with Crippen molar-refractivity contribution < 1.29 is 9.53 Å². The van der Waals surface area contributed by atoms with Crippen molar-refractivity contribution in [1.29, 1.82) is 0 Å². The van der Waals surface area contributed by atoms with Gasteiger partial charge in [0.25, 0.3) is 5.91 Å². The molecule has 1 amide bonds. The molecule has 1 N–H and O–H groups in total. The molecule has 0 aliphatic heterocycles. The number of nitrogens with one attached hydrogen (secondary N) is 1. The molecular weight excluding hydrogens is 282 g/mol. The van der Waals surface area contributed by atoms with E-state index in [9.17, 15) is 4.79 Å². The Labute approximate surface area is 130 Å². The number of benzene rings is 2. The van der Waals surface area contributed by atoms with Crippen LogP contribution in [0.15, 0.2) is 47.4 Å². The van der Waals surface area contributed by atoms with Crippen LogP contribution in [0.3, 0.4) is 0 Å². The number of carbonyl (C=O) groups is 1. The van der Waals surface area contributed by atoms with Crippen LogP contribution in [-0.4, -0.2) is 19.6 Å². The molecule has 0 spiro atoms. The van der Waals surface area contributed by atoms with Crippen molar-refractivity contribution in [1.82, 2.24) is 5.32 Å². The van der Waals surface area contributed by atoms with Crippen molar-refractivity contribution in [2.45, 2.75) is 18.2 Å². The van der Waals surface area contributed by atoms with Gasteiger partial charge in [0.15, 0.2) is 0 Å². The van der Waals surface area contributed by atoms with E-state index in [4.69, 9.17) is 4.74 Å². The molecule has 3 nitrogen and oxygen atoms in total. The van der Waals surface area contributed by atoms with Gasteiger partial charge < -0.3 is 10.1 Å². The van der Waals surface area contributed by atoms with Crippen molar-refractivity contribution in [3.63, 3.8) is 0 Å². The van der Waals surface area contributed by atoms with E-state index in [2.05, 4.69) is 17.9 Å². The fraction of sp³-hybridized carbons (Fsp3) is 0.235. The summed E-state index contributed by atoms with van der Waals surface area (Å²) in [5, 5.41) is 2.94. The maximum Gasteiger partial charge on any atom is 0.251 e. The molecule has 2 aromatic carbocycles. The summed E-state index contributed by atoms with van der Waals surface area (Å²) in [6.45, 7) is 2.51. The lowest BCUT2D eigenvalue weighted by molar-refractivity contribution is 0.0953. The Bertz CT molecular complexity index is 640.